The van der Waals surface area contributed by atoms with E-state index in [0.717, 1.165) is 67.6 Å². The number of nitrogens with one attached hydrogen (secondary N) is 1. The number of hydrogen-bond acceptors (Lipinski definition) is 6. The third kappa shape index (κ3) is 7.10. The number of carbonyl (C=O) groups excluding carboxylic acids is 2. The zero-order chi connectivity index (χ0) is 33.9. The van der Waals surface area contributed by atoms with E-state index >= 15 is 0 Å². The summed E-state index contributed by atoms with van der Waals surface area (Å²) in [6.07, 6.45) is 15.6. The van der Waals surface area contributed by atoms with E-state index in [1.807, 2.05) is 35.0 Å². The van der Waals surface area contributed by atoms with Crippen LogP contribution in [0.4, 0.5) is 10.6 Å². The predicted molar refractivity (Wildman–Crippen MR) is 188 cm³/mol. The van der Waals surface area contributed by atoms with Crippen molar-refractivity contribution in [2.75, 3.05) is 25.1 Å². The van der Waals surface area contributed by atoms with Crippen LogP contribution in [-0.4, -0.2) is 53.1 Å². The Bertz CT molecular complexity index is 1570. The summed E-state index contributed by atoms with van der Waals surface area (Å²) in [7, 11) is 1.73. The molecule has 2 aromatic heterocycles. The van der Waals surface area contributed by atoms with Crippen LogP contribution >= 0.6 is 0 Å². The number of hydrogen-bond donors (Lipinski definition) is 1. The molecular formula is C39H53N5O4. The Kier molecular flexibility index (Phi) is 10.1. The number of nitrogens with zero attached hydrogens (tertiary/aromatic N) is 4. The number of rotatable bonds is 11. The first-order valence-corrected chi connectivity index (χ1v) is 18.1. The first-order chi connectivity index (χ1) is 23.1. The fraction of sp³-hybridized carbons (Fsp3) is 0.590. The van der Waals surface area contributed by atoms with Crippen LogP contribution in [0.2, 0.25) is 0 Å². The average molecular weight is 656 g/mol. The maximum atomic E-state index is 14.6. The summed E-state index contributed by atoms with van der Waals surface area (Å²) in [6, 6.07) is 11.1. The summed E-state index contributed by atoms with van der Waals surface area (Å²) in [5.41, 5.74) is 4.92. The monoisotopic (exact) mass is 655 g/mol. The van der Waals surface area contributed by atoms with Gasteiger partial charge in [-0.05, 0) is 137 Å². The first kappa shape index (κ1) is 34.0. The van der Waals surface area contributed by atoms with E-state index in [1.165, 1.54) is 11.1 Å². The number of fused-ring (bicyclic) bond motifs is 3. The second-order valence-electron chi connectivity index (χ2n) is 14.9. The topological polar surface area (TPSA) is 98.6 Å². The Morgan fingerprint density at radius 3 is 2.38 bits per heavy atom. The number of carbonyl (C=O) groups is 2. The Hall–Kier alpha value is -3.88. The summed E-state index contributed by atoms with van der Waals surface area (Å²) < 4.78 is 13.2. The molecule has 1 N–H and O–H groups in total. The second kappa shape index (κ2) is 14.3. The summed E-state index contributed by atoms with van der Waals surface area (Å²) in [5, 5.41) is 7.36. The number of pyridine rings is 1. The normalized spacial score (nSPS) is 25.1. The molecule has 48 heavy (non-hydrogen) atoms. The lowest BCUT2D eigenvalue weighted by atomic mass is 9.51. The highest BCUT2D eigenvalue weighted by Gasteiger charge is 2.51. The van der Waals surface area contributed by atoms with Crippen LogP contribution in [0.5, 0.6) is 5.75 Å². The van der Waals surface area contributed by atoms with Crippen LogP contribution in [0.25, 0.3) is 11.1 Å². The zero-order valence-corrected chi connectivity index (χ0v) is 29.5. The van der Waals surface area contributed by atoms with Gasteiger partial charge in [0.1, 0.15) is 17.7 Å². The minimum absolute atomic E-state index is 0.0663. The molecule has 0 atom stereocenters. The van der Waals surface area contributed by atoms with Gasteiger partial charge >= 0.3 is 6.09 Å². The van der Waals surface area contributed by atoms with Crippen molar-refractivity contribution in [3.05, 3.63) is 60.0 Å². The highest BCUT2D eigenvalue weighted by atomic mass is 16.6. The van der Waals surface area contributed by atoms with Crippen LogP contribution in [0.3, 0.4) is 0 Å². The van der Waals surface area contributed by atoms with Crippen molar-refractivity contribution in [1.82, 2.24) is 20.1 Å². The standard InChI is InChI=1S/C39H53N5O4/c1-6-20-41-37(46)48-33-10-7-29(8-11-33)36(45)43(35-23-30(13-21-40-35)31-24-42-44(25-31)27(2)3)26-38-14-17-39(18-15-38,19-16-38)32-9-12-34(47-5)28(4)22-32/h9,12-13,21-25,27,29,33H,6-8,10-11,14-20,26H2,1-5H3,(H,41,46). The van der Waals surface area contributed by atoms with Gasteiger partial charge in [0, 0.05) is 43.0 Å². The van der Waals surface area contributed by atoms with E-state index < -0.39 is 0 Å². The Balaban J connectivity index is 1.22. The highest BCUT2D eigenvalue weighted by Crippen LogP contribution is 2.58. The molecule has 4 fully saturated rings. The molecule has 4 saturated carbocycles. The Morgan fingerprint density at radius 1 is 1.02 bits per heavy atom. The van der Waals surface area contributed by atoms with Gasteiger partial charge in [-0.1, -0.05) is 19.1 Å². The van der Waals surface area contributed by atoms with Gasteiger partial charge in [-0.2, -0.15) is 5.10 Å². The Labute approximate surface area is 285 Å². The van der Waals surface area contributed by atoms with Crippen molar-refractivity contribution >= 4 is 17.8 Å². The molecule has 9 heteroatoms. The minimum Gasteiger partial charge on any atom is -0.496 e. The summed E-state index contributed by atoms with van der Waals surface area (Å²) in [4.78, 5) is 33.6. The fourth-order valence-corrected chi connectivity index (χ4v) is 8.33. The van der Waals surface area contributed by atoms with E-state index in [9.17, 15) is 9.59 Å². The lowest BCUT2D eigenvalue weighted by Crippen LogP contribution is -2.52. The molecule has 4 aliphatic carbocycles. The second-order valence-corrected chi connectivity index (χ2v) is 14.9. The van der Waals surface area contributed by atoms with E-state index in [4.69, 9.17) is 14.5 Å². The van der Waals surface area contributed by atoms with Gasteiger partial charge < -0.3 is 14.8 Å². The quantitative estimate of drug-likeness (QED) is 0.224. The van der Waals surface area contributed by atoms with Gasteiger partial charge in [-0.15, -0.1) is 0 Å². The van der Waals surface area contributed by atoms with Gasteiger partial charge in [-0.3, -0.25) is 14.4 Å². The summed E-state index contributed by atoms with van der Waals surface area (Å²) in [6.45, 7) is 9.67. The molecule has 2 heterocycles. The molecule has 0 saturated heterocycles. The van der Waals surface area contributed by atoms with Crippen LogP contribution in [0, 0.1) is 18.3 Å². The van der Waals surface area contributed by atoms with Crippen molar-refractivity contribution in [2.24, 2.45) is 11.3 Å². The fourth-order valence-electron chi connectivity index (χ4n) is 8.33. The number of aryl methyl sites for hydroxylation is 1. The van der Waals surface area contributed by atoms with E-state index in [0.29, 0.717) is 38.8 Å². The van der Waals surface area contributed by atoms with Crippen molar-refractivity contribution in [3.63, 3.8) is 0 Å². The van der Waals surface area contributed by atoms with Gasteiger partial charge in [0.15, 0.2) is 0 Å². The maximum Gasteiger partial charge on any atom is 0.407 e. The molecule has 2 bridgehead atoms. The zero-order valence-electron chi connectivity index (χ0n) is 29.5. The smallest absolute Gasteiger partial charge is 0.407 e. The van der Waals surface area contributed by atoms with Crippen LogP contribution in [0.15, 0.2) is 48.9 Å². The number of ether oxygens (including phenoxy) is 2. The van der Waals surface area contributed by atoms with Gasteiger partial charge in [0.2, 0.25) is 5.91 Å². The lowest BCUT2D eigenvalue weighted by molar-refractivity contribution is -0.124. The van der Waals surface area contributed by atoms with Gasteiger partial charge in [0.25, 0.3) is 0 Å². The molecule has 2 amide bonds. The van der Waals surface area contributed by atoms with E-state index in [-0.39, 0.29) is 40.9 Å². The van der Waals surface area contributed by atoms with Crippen molar-refractivity contribution in [1.29, 1.82) is 0 Å². The molecule has 3 aromatic rings. The largest absolute Gasteiger partial charge is 0.496 e. The molecule has 0 radical (unpaired) electrons. The molecule has 1 aromatic carbocycles. The minimum atomic E-state index is -0.357. The molecule has 7 rings (SSSR count). The number of amides is 2. The SMILES string of the molecule is CCCNC(=O)OC1CCC(C(=O)N(CC23CCC(c4ccc(OC)c(C)c4)(CC2)CC3)c2cc(-c3cnn(C(C)C)c3)ccn2)CC1. The number of aromatic nitrogens is 3. The molecular weight excluding hydrogens is 602 g/mol. The van der Waals surface area contributed by atoms with E-state index in [1.54, 1.807) is 7.11 Å². The van der Waals surface area contributed by atoms with Gasteiger partial charge in [0.05, 0.1) is 13.3 Å². The van der Waals surface area contributed by atoms with Crippen molar-refractivity contribution in [3.8, 4) is 16.9 Å². The van der Waals surface area contributed by atoms with Crippen molar-refractivity contribution in [2.45, 2.75) is 116 Å². The first-order valence-electron chi connectivity index (χ1n) is 18.1. The number of alkyl carbamates (subject to hydrolysis) is 1. The number of anilines is 1. The van der Waals surface area contributed by atoms with E-state index in [2.05, 4.69) is 61.6 Å². The molecule has 0 aliphatic heterocycles. The molecule has 9 nitrogen and oxygen atoms in total. The molecule has 4 aliphatic rings. The third-order valence-corrected chi connectivity index (χ3v) is 11.5. The average Bonchev–Trinajstić information content (AvgIpc) is 3.62. The lowest BCUT2D eigenvalue weighted by Gasteiger charge is -2.55. The van der Waals surface area contributed by atoms with Gasteiger partial charge in [-0.25, -0.2) is 9.78 Å². The van der Waals surface area contributed by atoms with Crippen LogP contribution < -0.4 is 15.0 Å². The number of methoxy groups -OCH3 is 1. The van der Waals surface area contributed by atoms with Crippen molar-refractivity contribution < 1.29 is 19.1 Å². The highest BCUT2D eigenvalue weighted by molar-refractivity contribution is 5.95. The third-order valence-electron chi connectivity index (χ3n) is 11.5. The summed E-state index contributed by atoms with van der Waals surface area (Å²) >= 11 is 0. The molecule has 0 spiro atoms. The molecule has 258 valence electrons. The number of benzene rings is 1. The molecule has 0 unspecified atom stereocenters. The van der Waals surface area contributed by atoms with Crippen LogP contribution in [0.1, 0.15) is 109 Å². The predicted octanol–water partition coefficient (Wildman–Crippen LogP) is 8.16. The Morgan fingerprint density at radius 2 is 1.75 bits per heavy atom. The summed E-state index contributed by atoms with van der Waals surface area (Å²) in [5.74, 6) is 1.68. The van der Waals surface area contributed by atoms with Crippen LogP contribution in [-0.2, 0) is 14.9 Å². The maximum absolute atomic E-state index is 14.6.